The molecule has 3 rings (SSSR count). The van der Waals surface area contributed by atoms with Crippen molar-refractivity contribution in [3.63, 3.8) is 0 Å². The Morgan fingerprint density at radius 2 is 1.88 bits per heavy atom. The van der Waals surface area contributed by atoms with Crippen LogP contribution in [0.15, 0.2) is 53.8 Å². The number of para-hydroxylation sites is 1. The molecule has 1 saturated heterocycles. The van der Waals surface area contributed by atoms with Gasteiger partial charge in [-0.05, 0) is 31.6 Å². The highest BCUT2D eigenvalue weighted by atomic mass is 16.2. The minimum absolute atomic E-state index is 0.0411. The zero-order valence-corrected chi connectivity index (χ0v) is 14.3. The van der Waals surface area contributed by atoms with Gasteiger partial charge in [-0.3, -0.25) is 20.5 Å². The first-order valence-electron chi connectivity index (χ1n) is 8.65. The molecule has 0 radical (unpaired) electrons. The third-order valence-corrected chi connectivity index (χ3v) is 4.54. The number of hydrogen-bond donors (Lipinski definition) is 2. The largest absolute Gasteiger partial charge is 0.369 e. The number of hydrogen-bond acceptors (Lipinski definition) is 4. The Morgan fingerprint density at radius 3 is 2.54 bits per heavy atom. The van der Waals surface area contributed by atoms with Gasteiger partial charge in [0.2, 0.25) is 5.91 Å². The molecular formula is C19H26N4O. The van der Waals surface area contributed by atoms with Crippen LogP contribution < -0.4 is 15.8 Å². The lowest BCUT2D eigenvalue weighted by Crippen LogP contribution is -2.47. The zero-order valence-electron chi connectivity index (χ0n) is 14.3. The first kappa shape index (κ1) is 16.6. The highest BCUT2D eigenvalue weighted by Gasteiger charge is 2.17. The van der Waals surface area contributed by atoms with E-state index in [0.29, 0.717) is 6.42 Å². The van der Waals surface area contributed by atoms with Gasteiger partial charge in [-0.15, -0.1) is 0 Å². The molecule has 0 bridgehead atoms. The predicted molar refractivity (Wildman–Crippen MR) is 97.4 cm³/mol. The summed E-state index contributed by atoms with van der Waals surface area (Å²) in [5.41, 5.74) is 9.34. The number of anilines is 1. The van der Waals surface area contributed by atoms with Gasteiger partial charge in [-0.25, -0.2) is 0 Å². The molecule has 5 heteroatoms. The fourth-order valence-electron chi connectivity index (χ4n) is 3.07. The number of carbonyl (C=O) groups excluding carboxylic acids is 1. The third kappa shape index (κ3) is 4.61. The van der Waals surface area contributed by atoms with Crippen LogP contribution in [0.2, 0.25) is 0 Å². The summed E-state index contributed by atoms with van der Waals surface area (Å²) in [4.78, 5) is 16.7. The van der Waals surface area contributed by atoms with E-state index in [-0.39, 0.29) is 5.91 Å². The predicted octanol–water partition coefficient (Wildman–Crippen LogP) is 2.05. The van der Waals surface area contributed by atoms with Crippen molar-refractivity contribution in [2.75, 3.05) is 37.6 Å². The minimum Gasteiger partial charge on any atom is -0.369 e. The third-order valence-electron chi connectivity index (χ3n) is 4.54. The van der Waals surface area contributed by atoms with Crippen molar-refractivity contribution in [3.05, 3.63) is 53.8 Å². The molecule has 0 atom stereocenters. The van der Waals surface area contributed by atoms with E-state index in [0.717, 1.165) is 44.8 Å². The Kier molecular flexibility index (Phi) is 5.54. The van der Waals surface area contributed by atoms with Crippen LogP contribution in [0.3, 0.4) is 0 Å². The SMILES string of the molecule is CC1=CC(NNC(=O)CCN2CCN(c3ccccc3)CC2)=CC1. The van der Waals surface area contributed by atoms with Gasteiger partial charge in [0.1, 0.15) is 0 Å². The molecule has 1 heterocycles. The molecule has 5 nitrogen and oxygen atoms in total. The number of nitrogens with zero attached hydrogens (tertiary/aromatic N) is 2. The van der Waals surface area contributed by atoms with Gasteiger partial charge in [0.05, 0.1) is 5.70 Å². The number of nitrogens with one attached hydrogen (secondary N) is 2. The van der Waals surface area contributed by atoms with Gasteiger partial charge in [0.15, 0.2) is 0 Å². The molecule has 1 fully saturated rings. The lowest BCUT2D eigenvalue weighted by Gasteiger charge is -2.36. The highest BCUT2D eigenvalue weighted by molar-refractivity contribution is 5.75. The number of benzene rings is 1. The fraction of sp³-hybridized carbons (Fsp3) is 0.421. The molecule has 24 heavy (non-hydrogen) atoms. The quantitative estimate of drug-likeness (QED) is 0.786. The van der Waals surface area contributed by atoms with Crippen molar-refractivity contribution in [3.8, 4) is 0 Å². The van der Waals surface area contributed by atoms with Crippen LogP contribution in [0.5, 0.6) is 0 Å². The van der Waals surface area contributed by atoms with Crippen molar-refractivity contribution in [1.82, 2.24) is 15.8 Å². The van der Waals surface area contributed by atoms with E-state index in [9.17, 15) is 4.79 Å². The summed E-state index contributed by atoms with van der Waals surface area (Å²) in [6, 6.07) is 10.5. The van der Waals surface area contributed by atoms with Crippen molar-refractivity contribution < 1.29 is 4.79 Å². The summed E-state index contributed by atoms with van der Waals surface area (Å²) in [6.07, 6.45) is 5.62. The summed E-state index contributed by atoms with van der Waals surface area (Å²) in [7, 11) is 0. The second-order valence-electron chi connectivity index (χ2n) is 6.44. The topological polar surface area (TPSA) is 47.6 Å². The lowest BCUT2D eigenvalue weighted by atomic mass is 10.2. The smallest absolute Gasteiger partial charge is 0.239 e. The lowest BCUT2D eigenvalue weighted by molar-refractivity contribution is -0.122. The maximum Gasteiger partial charge on any atom is 0.239 e. The van der Waals surface area contributed by atoms with E-state index in [1.54, 1.807) is 0 Å². The Morgan fingerprint density at radius 1 is 1.12 bits per heavy atom. The van der Waals surface area contributed by atoms with Gasteiger partial charge in [0, 0.05) is 44.8 Å². The van der Waals surface area contributed by atoms with Gasteiger partial charge in [-0.1, -0.05) is 29.8 Å². The van der Waals surface area contributed by atoms with Crippen LogP contribution in [0.1, 0.15) is 19.8 Å². The maximum absolute atomic E-state index is 12.0. The summed E-state index contributed by atoms with van der Waals surface area (Å²) in [5, 5.41) is 0. The highest BCUT2D eigenvalue weighted by Crippen LogP contribution is 2.15. The molecular weight excluding hydrogens is 300 g/mol. The molecule has 1 aromatic carbocycles. The summed E-state index contributed by atoms with van der Waals surface area (Å²) in [5.74, 6) is 0.0411. The number of amides is 1. The van der Waals surface area contributed by atoms with Gasteiger partial charge >= 0.3 is 0 Å². The molecule has 0 aromatic heterocycles. The molecule has 0 saturated carbocycles. The minimum atomic E-state index is 0.0411. The van der Waals surface area contributed by atoms with Crippen LogP contribution in [0.4, 0.5) is 5.69 Å². The molecule has 1 aliphatic carbocycles. The average Bonchev–Trinajstić information content (AvgIpc) is 3.05. The van der Waals surface area contributed by atoms with Crippen LogP contribution in [-0.2, 0) is 4.79 Å². The van der Waals surface area contributed by atoms with Crippen molar-refractivity contribution in [2.45, 2.75) is 19.8 Å². The molecule has 0 spiro atoms. The summed E-state index contributed by atoms with van der Waals surface area (Å²) in [6.45, 7) is 6.93. The van der Waals surface area contributed by atoms with Crippen molar-refractivity contribution >= 4 is 11.6 Å². The molecule has 1 amide bonds. The monoisotopic (exact) mass is 326 g/mol. The van der Waals surface area contributed by atoms with E-state index in [2.05, 4.69) is 64.0 Å². The van der Waals surface area contributed by atoms with E-state index in [1.807, 2.05) is 6.07 Å². The number of carbonyl (C=O) groups is 1. The molecule has 0 unspecified atom stereocenters. The second kappa shape index (κ2) is 8.02. The second-order valence-corrected chi connectivity index (χ2v) is 6.44. The van der Waals surface area contributed by atoms with Gasteiger partial charge in [-0.2, -0.15) is 0 Å². The number of hydrazine groups is 1. The van der Waals surface area contributed by atoms with E-state index < -0.39 is 0 Å². The molecule has 1 aliphatic heterocycles. The molecule has 2 aliphatic rings. The Labute approximate surface area is 144 Å². The normalized spacial score (nSPS) is 18.1. The summed E-state index contributed by atoms with van der Waals surface area (Å²) >= 11 is 0. The van der Waals surface area contributed by atoms with Crippen LogP contribution in [0.25, 0.3) is 0 Å². The van der Waals surface area contributed by atoms with Crippen LogP contribution >= 0.6 is 0 Å². The Balaban J connectivity index is 1.34. The van der Waals surface area contributed by atoms with Gasteiger partial charge in [0.25, 0.3) is 0 Å². The van der Waals surface area contributed by atoms with E-state index >= 15 is 0 Å². The van der Waals surface area contributed by atoms with Gasteiger partial charge < -0.3 is 4.90 Å². The molecule has 128 valence electrons. The Hall–Kier alpha value is -2.27. The van der Waals surface area contributed by atoms with E-state index in [1.165, 1.54) is 11.3 Å². The number of piperazine rings is 1. The van der Waals surface area contributed by atoms with E-state index in [4.69, 9.17) is 0 Å². The average molecular weight is 326 g/mol. The first-order valence-corrected chi connectivity index (χ1v) is 8.65. The standard InChI is InChI=1S/C19H26N4O/c1-16-7-8-17(15-16)20-21-19(24)9-10-22-11-13-23(14-12-22)18-5-3-2-4-6-18/h2-6,8,15,20H,7,9-14H2,1H3,(H,21,24). The number of rotatable bonds is 6. The molecule has 2 N–H and O–H groups in total. The number of allylic oxidation sites excluding steroid dienone is 3. The summed E-state index contributed by atoms with van der Waals surface area (Å²) < 4.78 is 0. The molecule has 1 aromatic rings. The zero-order chi connectivity index (χ0) is 16.8. The van der Waals surface area contributed by atoms with Crippen LogP contribution in [0, 0.1) is 0 Å². The Bertz CT molecular complexity index is 616. The first-order chi connectivity index (χ1) is 11.7. The van der Waals surface area contributed by atoms with Crippen LogP contribution in [-0.4, -0.2) is 43.5 Å². The fourth-order valence-corrected chi connectivity index (χ4v) is 3.07. The van der Waals surface area contributed by atoms with Crippen molar-refractivity contribution in [1.29, 1.82) is 0 Å². The maximum atomic E-state index is 12.0. The van der Waals surface area contributed by atoms with Crippen molar-refractivity contribution in [2.24, 2.45) is 0 Å².